The van der Waals surface area contributed by atoms with Crippen molar-refractivity contribution in [1.82, 2.24) is 10.8 Å². The molecule has 0 aliphatic carbocycles. The summed E-state index contributed by atoms with van der Waals surface area (Å²) in [5, 5.41) is 7.97. The third kappa shape index (κ3) is 4.05. The van der Waals surface area contributed by atoms with E-state index in [-0.39, 0.29) is 18.5 Å². The number of amides is 1. The zero-order valence-electron chi connectivity index (χ0n) is 11.3. The molecule has 1 heterocycles. The van der Waals surface area contributed by atoms with E-state index in [0.29, 0.717) is 23.7 Å². The van der Waals surface area contributed by atoms with Crippen LogP contribution in [0.5, 0.6) is 0 Å². The molecule has 1 aliphatic rings. The van der Waals surface area contributed by atoms with E-state index in [4.69, 9.17) is 28.1 Å². The van der Waals surface area contributed by atoms with Crippen LogP contribution in [0.2, 0.25) is 5.02 Å². The third-order valence-electron chi connectivity index (χ3n) is 3.01. The first-order valence-corrected chi connectivity index (χ1v) is 6.70. The average molecular weight is 313 g/mol. The van der Waals surface area contributed by atoms with Gasteiger partial charge in [0.05, 0.1) is 12.3 Å². The van der Waals surface area contributed by atoms with Gasteiger partial charge in [0, 0.05) is 11.6 Å². The maximum atomic E-state index is 11.9. The molecule has 0 radical (unpaired) electrons. The van der Waals surface area contributed by atoms with E-state index in [0.717, 1.165) is 5.56 Å². The first kappa shape index (κ1) is 15.5. The molecule has 1 unspecified atom stereocenters. The summed E-state index contributed by atoms with van der Waals surface area (Å²) in [4.78, 5) is 16.9. The Morgan fingerprint density at radius 1 is 1.67 bits per heavy atom. The predicted octanol–water partition coefficient (Wildman–Crippen LogP) is -0.168. The van der Waals surface area contributed by atoms with Gasteiger partial charge < -0.3 is 16.0 Å². The number of hydroxylamine groups is 1. The third-order valence-corrected chi connectivity index (χ3v) is 3.25. The Morgan fingerprint density at radius 2 is 2.48 bits per heavy atom. The van der Waals surface area contributed by atoms with Gasteiger partial charge in [-0.2, -0.15) is 10.6 Å². The van der Waals surface area contributed by atoms with E-state index < -0.39 is 0 Å². The molecule has 8 nitrogen and oxygen atoms in total. The second kappa shape index (κ2) is 7.23. The van der Waals surface area contributed by atoms with Crippen molar-refractivity contribution in [1.29, 1.82) is 0 Å². The number of rotatable bonds is 5. The molecule has 1 atom stereocenters. The zero-order valence-corrected chi connectivity index (χ0v) is 12.0. The lowest BCUT2D eigenvalue weighted by molar-refractivity contribution is -0.124. The average Bonchev–Trinajstić information content (AvgIpc) is 2.99. The largest absolute Gasteiger partial charge is 0.351 e. The lowest BCUT2D eigenvalue weighted by Crippen LogP contribution is -2.40. The van der Waals surface area contributed by atoms with Crippen molar-refractivity contribution in [3.05, 3.63) is 28.8 Å². The minimum Gasteiger partial charge on any atom is -0.351 e. The van der Waals surface area contributed by atoms with Crippen LogP contribution in [0.15, 0.2) is 23.3 Å². The normalized spacial score (nSPS) is 18.1. The maximum absolute atomic E-state index is 11.9. The number of nitrogens with zero attached hydrogens (tertiary/aromatic N) is 2. The number of hydrazone groups is 1. The SMILES string of the molecule is N/N=C\N(N)c1ccc(Cl)cc1CNC(=O)C1CCON1. The summed E-state index contributed by atoms with van der Waals surface area (Å²) in [6.07, 6.45) is 1.90. The molecule has 114 valence electrons. The number of carbonyl (C=O) groups is 1. The van der Waals surface area contributed by atoms with Gasteiger partial charge >= 0.3 is 0 Å². The molecule has 21 heavy (non-hydrogen) atoms. The molecular formula is C12H17ClN6O2. The van der Waals surface area contributed by atoms with Gasteiger partial charge in [-0.15, -0.1) is 0 Å². The minimum absolute atomic E-state index is 0.144. The second-order valence-corrected chi connectivity index (χ2v) is 4.91. The van der Waals surface area contributed by atoms with Gasteiger partial charge in [-0.1, -0.05) is 11.6 Å². The van der Waals surface area contributed by atoms with E-state index in [1.54, 1.807) is 18.2 Å². The highest BCUT2D eigenvalue weighted by molar-refractivity contribution is 6.30. The molecule has 1 fully saturated rings. The predicted molar refractivity (Wildman–Crippen MR) is 80.1 cm³/mol. The molecule has 1 saturated heterocycles. The Kier molecular flexibility index (Phi) is 5.34. The van der Waals surface area contributed by atoms with Crippen molar-refractivity contribution in [2.75, 3.05) is 11.6 Å². The highest BCUT2D eigenvalue weighted by Crippen LogP contribution is 2.22. The molecule has 1 amide bonds. The smallest absolute Gasteiger partial charge is 0.239 e. The molecule has 1 aromatic rings. The number of carbonyl (C=O) groups excluding carboxylic acids is 1. The van der Waals surface area contributed by atoms with Crippen molar-refractivity contribution in [2.24, 2.45) is 16.8 Å². The van der Waals surface area contributed by atoms with Crippen molar-refractivity contribution < 1.29 is 9.63 Å². The van der Waals surface area contributed by atoms with Gasteiger partial charge in [0.1, 0.15) is 12.4 Å². The quantitative estimate of drug-likeness (QED) is 0.259. The fourth-order valence-electron chi connectivity index (χ4n) is 1.97. The van der Waals surface area contributed by atoms with Crippen molar-refractivity contribution in [3.8, 4) is 0 Å². The summed E-state index contributed by atoms with van der Waals surface area (Å²) < 4.78 is 0. The van der Waals surface area contributed by atoms with Gasteiger partial charge in [-0.05, 0) is 30.2 Å². The fraction of sp³-hybridized carbons (Fsp3) is 0.333. The zero-order chi connectivity index (χ0) is 15.2. The molecule has 1 aromatic carbocycles. The molecular weight excluding hydrogens is 296 g/mol. The van der Waals surface area contributed by atoms with Gasteiger partial charge in [0.25, 0.3) is 0 Å². The molecule has 9 heteroatoms. The van der Waals surface area contributed by atoms with Crippen LogP contribution >= 0.6 is 11.6 Å². The number of benzene rings is 1. The van der Waals surface area contributed by atoms with Crippen LogP contribution in [0.1, 0.15) is 12.0 Å². The monoisotopic (exact) mass is 312 g/mol. The van der Waals surface area contributed by atoms with Crippen molar-refractivity contribution in [2.45, 2.75) is 19.0 Å². The summed E-state index contributed by atoms with van der Waals surface area (Å²) >= 11 is 5.98. The van der Waals surface area contributed by atoms with Crippen LogP contribution in [0, 0.1) is 0 Å². The Hall–Kier alpha value is -1.87. The Bertz CT molecular complexity index is 532. The van der Waals surface area contributed by atoms with Crippen LogP contribution in [0.25, 0.3) is 0 Å². The van der Waals surface area contributed by atoms with Gasteiger partial charge in [-0.25, -0.2) is 5.84 Å². The molecule has 0 spiro atoms. The minimum atomic E-state index is -0.341. The highest BCUT2D eigenvalue weighted by atomic mass is 35.5. The summed E-state index contributed by atoms with van der Waals surface area (Å²) in [5.41, 5.74) is 4.04. The van der Waals surface area contributed by atoms with Gasteiger partial charge in [0.2, 0.25) is 5.91 Å². The van der Waals surface area contributed by atoms with Crippen molar-refractivity contribution in [3.63, 3.8) is 0 Å². The summed E-state index contributed by atoms with van der Waals surface area (Å²) in [6.45, 7) is 0.795. The fourth-order valence-corrected chi connectivity index (χ4v) is 2.16. The first-order chi connectivity index (χ1) is 10.1. The number of anilines is 1. The molecule has 1 aliphatic heterocycles. The Morgan fingerprint density at radius 3 is 3.14 bits per heavy atom. The molecule has 6 N–H and O–H groups in total. The summed E-state index contributed by atoms with van der Waals surface area (Å²) in [7, 11) is 0. The van der Waals surface area contributed by atoms with Crippen LogP contribution < -0.4 is 27.5 Å². The summed E-state index contributed by atoms with van der Waals surface area (Å²) in [5.74, 6) is 10.7. The molecule has 0 aromatic heterocycles. The standard InChI is InChI=1S/C12H17ClN6O2/c13-9-1-2-11(19(15)7-17-14)8(5-9)6-16-12(20)10-3-4-21-18-10/h1-2,5,7,10,18H,3-4,6,14-15H2,(H,16,20)/b17-7-. The van der Waals surface area contributed by atoms with E-state index >= 15 is 0 Å². The van der Waals surface area contributed by atoms with Gasteiger partial charge in [-0.3, -0.25) is 9.80 Å². The Labute approximate surface area is 127 Å². The number of hydrazine groups is 1. The maximum Gasteiger partial charge on any atom is 0.239 e. The molecule has 2 rings (SSSR count). The van der Waals surface area contributed by atoms with E-state index in [2.05, 4.69) is 15.9 Å². The number of hydrogen-bond acceptors (Lipinski definition) is 6. The van der Waals surface area contributed by atoms with Gasteiger partial charge in [0.15, 0.2) is 0 Å². The lowest BCUT2D eigenvalue weighted by Gasteiger charge is -2.18. The second-order valence-electron chi connectivity index (χ2n) is 4.47. The van der Waals surface area contributed by atoms with Crippen LogP contribution in [0.3, 0.4) is 0 Å². The van der Waals surface area contributed by atoms with Crippen LogP contribution in [0.4, 0.5) is 5.69 Å². The van der Waals surface area contributed by atoms with Crippen LogP contribution in [-0.4, -0.2) is 24.9 Å². The number of hydrogen-bond donors (Lipinski definition) is 4. The molecule has 0 saturated carbocycles. The first-order valence-electron chi connectivity index (χ1n) is 6.32. The number of nitrogens with one attached hydrogen (secondary N) is 2. The topological polar surface area (TPSA) is 118 Å². The highest BCUT2D eigenvalue weighted by Gasteiger charge is 2.23. The van der Waals surface area contributed by atoms with Crippen LogP contribution in [-0.2, 0) is 16.2 Å². The Balaban J connectivity index is 2.07. The summed E-state index contributed by atoms with van der Waals surface area (Å²) in [6, 6.07) is 4.80. The van der Waals surface area contributed by atoms with E-state index in [1.807, 2.05) is 0 Å². The number of halogens is 1. The molecule has 0 bridgehead atoms. The van der Waals surface area contributed by atoms with E-state index in [9.17, 15) is 4.79 Å². The van der Waals surface area contributed by atoms with Crippen molar-refractivity contribution >= 4 is 29.5 Å². The lowest BCUT2D eigenvalue weighted by atomic mass is 10.1. The number of nitrogens with two attached hydrogens (primary N) is 2. The van der Waals surface area contributed by atoms with E-state index in [1.165, 1.54) is 11.3 Å².